The van der Waals surface area contributed by atoms with E-state index in [0.717, 1.165) is 4.47 Å². The molecular formula is C16H10BrNO3. The maximum absolute atomic E-state index is 11.2. The number of rotatable bonds is 3. The highest BCUT2D eigenvalue weighted by Crippen LogP contribution is 2.25. The summed E-state index contributed by atoms with van der Waals surface area (Å²) in [5, 5.41) is 9.74. The van der Waals surface area contributed by atoms with Gasteiger partial charge in [0.1, 0.15) is 5.75 Å². The molecule has 5 heteroatoms. The van der Waals surface area contributed by atoms with Crippen LogP contribution in [-0.2, 0) is 0 Å². The number of aromatic nitrogens is 1. The summed E-state index contributed by atoms with van der Waals surface area (Å²) in [5.74, 6) is 0.121. The molecule has 0 radical (unpaired) electrons. The van der Waals surface area contributed by atoms with Crippen LogP contribution in [0.5, 0.6) is 11.6 Å². The molecule has 1 heterocycles. The van der Waals surface area contributed by atoms with E-state index in [9.17, 15) is 4.79 Å². The molecule has 3 rings (SSSR count). The normalized spacial score (nSPS) is 10.5. The van der Waals surface area contributed by atoms with Gasteiger partial charge in [-0.15, -0.1) is 0 Å². The molecule has 2 aromatic carbocycles. The van der Waals surface area contributed by atoms with E-state index in [1.54, 1.807) is 30.3 Å². The highest BCUT2D eigenvalue weighted by molar-refractivity contribution is 9.10. The van der Waals surface area contributed by atoms with Gasteiger partial charge < -0.3 is 9.84 Å². The number of pyridine rings is 1. The number of hydrogen-bond acceptors (Lipinski definition) is 3. The SMILES string of the molecule is O=C(O)c1cccc2nc(Oc3ccc(Br)cc3)ccc12. The summed E-state index contributed by atoms with van der Waals surface area (Å²) in [5.41, 5.74) is 0.819. The number of aromatic carboxylic acids is 1. The van der Waals surface area contributed by atoms with Gasteiger partial charge in [-0.3, -0.25) is 0 Å². The predicted molar refractivity (Wildman–Crippen MR) is 82.9 cm³/mol. The number of halogens is 1. The van der Waals surface area contributed by atoms with Crippen LogP contribution in [0.1, 0.15) is 10.4 Å². The highest BCUT2D eigenvalue weighted by atomic mass is 79.9. The van der Waals surface area contributed by atoms with Crippen molar-refractivity contribution in [1.29, 1.82) is 0 Å². The Morgan fingerprint density at radius 2 is 1.81 bits per heavy atom. The summed E-state index contributed by atoms with van der Waals surface area (Å²) in [6.45, 7) is 0. The van der Waals surface area contributed by atoms with Gasteiger partial charge in [0, 0.05) is 15.9 Å². The Balaban J connectivity index is 1.98. The van der Waals surface area contributed by atoms with E-state index in [4.69, 9.17) is 9.84 Å². The monoisotopic (exact) mass is 343 g/mol. The van der Waals surface area contributed by atoms with Crippen LogP contribution in [0.4, 0.5) is 0 Å². The first-order chi connectivity index (χ1) is 10.1. The number of ether oxygens (including phenoxy) is 1. The zero-order chi connectivity index (χ0) is 14.8. The minimum atomic E-state index is -0.969. The Kier molecular flexibility index (Phi) is 3.58. The molecule has 104 valence electrons. The van der Waals surface area contributed by atoms with Crippen LogP contribution in [0.25, 0.3) is 10.9 Å². The van der Waals surface area contributed by atoms with Gasteiger partial charge in [-0.05, 0) is 42.5 Å². The van der Waals surface area contributed by atoms with Crippen molar-refractivity contribution < 1.29 is 14.6 Å². The van der Waals surface area contributed by atoms with Gasteiger partial charge in [0.05, 0.1) is 11.1 Å². The Morgan fingerprint density at radius 3 is 2.52 bits per heavy atom. The van der Waals surface area contributed by atoms with Crippen LogP contribution >= 0.6 is 15.9 Å². The van der Waals surface area contributed by atoms with E-state index < -0.39 is 5.97 Å². The fourth-order valence-electron chi connectivity index (χ4n) is 2.00. The molecule has 4 nitrogen and oxygen atoms in total. The minimum Gasteiger partial charge on any atom is -0.478 e. The van der Waals surface area contributed by atoms with Gasteiger partial charge in [0.25, 0.3) is 0 Å². The molecule has 0 unspecified atom stereocenters. The largest absolute Gasteiger partial charge is 0.478 e. The van der Waals surface area contributed by atoms with Gasteiger partial charge >= 0.3 is 5.97 Å². The second kappa shape index (κ2) is 5.54. The molecule has 1 aromatic heterocycles. The number of nitrogens with zero attached hydrogens (tertiary/aromatic N) is 1. The van der Waals surface area contributed by atoms with Gasteiger partial charge in [-0.25, -0.2) is 9.78 Å². The molecule has 0 saturated carbocycles. The molecule has 1 N–H and O–H groups in total. The van der Waals surface area contributed by atoms with Crippen molar-refractivity contribution in [2.45, 2.75) is 0 Å². The number of carboxylic acids is 1. The van der Waals surface area contributed by atoms with Crippen LogP contribution in [0.15, 0.2) is 59.1 Å². The van der Waals surface area contributed by atoms with Gasteiger partial charge in [-0.2, -0.15) is 0 Å². The predicted octanol–water partition coefficient (Wildman–Crippen LogP) is 4.49. The number of carboxylic acid groups (broad SMARTS) is 1. The van der Waals surface area contributed by atoms with Gasteiger partial charge in [0.2, 0.25) is 5.88 Å². The molecule has 0 amide bonds. The van der Waals surface area contributed by atoms with Crippen molar-refractivity contribution in [2.24, 2.45) is 0 Å². The summed E-state index contributed by atoms with van der Waals surface area (Å²) in [6.07, 6.45) is 0. The smallest absolute Gasteiger partial charge is 0.336 e. The van der Waals surface area contributed by atoms with E-state index in [-0.39, 0.29) is 5.56 Å². The molecule has 0 saturated heterocycles. The first kappa shape index (κ1) is 13.6. The van der Waals surface area contributed by atoms with Gasteiger partial charge in [0.15, 0.2) is 0 Å². The summed E-state index contributed by atoms with van der Waals surface area (Å²) in [6, 6.07) is 15.8. The Bertz CT molecular complexity index is 815. The zero-order valence-corrected chi connectivity index (χ0v) is 12.4. The average molecular weight is 344 g/mol. The maximum Gasteiger partial charge on any atom is 0.336 e. The van der Waals surface area contributed by atoms with Crippen molar-refractivity contribution >= 4 is 32.8 Å². The summed E-state index contributed by atoms with van der Waals surface area (Å²) >= 11 is 3.36. The van der Waals surface area contributed by atoms with Crippen molar-refractivity contribution in [2.75, 3.05) is 0 Å². The Morgan fingerprint density at radius 1 is 1.05 bits per heavy atom. The zero-order valence-electron chi connectivity index (χ0n) is 10.8. The second-order valence-electron chi connectivity index (χ2n) is 4.38. The number of fused-ring (bicyclic) bond motifs is 1. The van der Waals surface area contributed by atoms with E-state index in [0.29, 0.717) is 22.5 Å². The summed E-state index contributed by atoms with van der Waals surface area (Å²) < 4.78 is 6.63. The molecule has 3 aromatic rings. The van der Waals surface area contributed by atoms with E-state index in [2.05, 4.69) is 20.9 Å². The molecule has 0 aliphatic heterocycles. The van der Waals surface area contributed by atoms with Crippen LogP contribution in [0, 0.1) is 0 Å². The third kappa shape index (κ3) is 2.87. The van der Waals surface area contributed by atoms with E-state index in [1.165, 1.54) is 0 Å². The van der Waals surface area contributed by atoms with Crippen LogP contribution < -0.4 is 4.74 Å². The van der Waals surface area contributed by atoms with Crippen LogP contribution in [0.2, 0.25) is 0 Å². The quantitative estimate of drug-likeness (QED) is 0.761. The molecule has 21 heavy (non-hydrogen) atoms. The third-order valence-corrected chi connectivity index (χ3v) is 3.50. The Labute approximate surface area is 129 Å². The number of hydrogen-bond donors (Lipinski definition) is 1. The average Bonchev–Trinajstić information content (AvgIpc) is 2.48. The fraction of sp³-hybridized carbons (Fsp3) is 0. The molecule has 0 spiro atoms. The lowest BCUT2D eigenvalue weighted by atomic mass is 10.1. The standard InChI is InChI=1S/C16H10BrNO3/c17-10-4-6-11(7-5-10)21-15-9-8-12-13(16(19)20)2-1-3-14(12)18-15/h1-9H,(H,19,20). The lowest BCUT2D eigenvalue weighted by Crippen LogP contribution is -1.98. The van der Waals surface area contributed by atoms with E-state index >= 15 is 0 Å². The molecular weight excluding hydrogens is 334 g/mol. The highest BCUT2D eigenvalue weighted by Gasteiger charge is 2.09. The molecule has 0 aliphatic rings. The van der Waals surface area contributed by atoms with Crippen LogP contribution in [0.3, 0.4) is 0 Å². The number of benzene rings is 2. The van der Waals surface area contributed by atoms with Crippen molar-refractivity contribution in [3.05, 3.63) is 64.6 Å². The van der Waals surface area contributed by atoms with Crippen molar-refractivity contribution in [3.8, 4) is 11.6 Å². The number of carbonyl (C=O) groups is 1. The molecule has 0 atom stereocenters. The first-order valence-electron chi connectivity index (χ1n) is 6.20. The fourth-order valence-corrected chi connectivity index (χ4v) is 2.27. The minimum absolute atomic E-state index is 0.232. The summed E-state index contributed by atoms with van der Waals surface area (Å²) in [4.78, 5) is 15.5. The van der Waals surface area contributed by atoms with Crippen molar-refractivity contribution in [3.63, 3.8) is 0 Å². The topological polar surface area (TPSA) is 59.4 Å². The third-order valence-electron chi connectivity index (χ3n) is 2.97. The van der Waals surface area contributed by atoms with Crippen molar-refractivity contribution in [1.82, 2.24) is 4.98 Å². The lowest BCUT2D eigenvalue weighted by molar-refractivity contribution is 0.0699. The molecule has 0 aliphatic carbocycles. The maximum atomic E-state index is 11.2. The Hall–Kier alpha value is -2.40. The van der Waals surface area contributed by atoms with Gasteiger partial charge in [-0.1, -0.05) is 22.0 Å². The lowest BCUT2D eigenvalue weighted by Gasteiger charge is -2.07. The van der Waals surface area contributed by atoms with E-state index in [1.807, 2.05) is 24.3 Å². The summed E-state index contributed by atoms with van der Waals surface area (Å²) in [7, 11) is 0. The second-order valence-corrected chi connectivity index (χ2v) is 5.30. The molecule has 0 bridgehead atoms. The first-order valence-corrected chi connectivity index (χ1v) is 6.99. The van der Waals surface area contributed by atoms with Crippen LogP contribution in [-0.4, -0.2) is 16.1 Å². The molecule has 0 fully saturated rings.